The second-order valence-electron chi connectivity index (χ2n) is 4.37. The Kier molecular flexibility index (Phi) is 4.69. The van der Waals surface area contributed by atoms with Crippen LogP contribution in [0, 0.1) is 0 Å². The van der Waals surface area contributed by atoms with Crippen LogP contribution in [-0.2, 0) is 9.47 Å². The molecule has 0 aromatic rings. The van der Waals surface area contributed by atoms with Gasteiger partial charge in [-0.05, 0) is 19.3 Å². The van der Waals surface area contributed by atoms with Crippen LogP contribution in [0.25, 0.3) is 0 Å². The topological polar surface area (TPSA) is 21.7 Å². The molecule has 0 radical (unpaired) electrons. The van der Waals surface area contributed by atoms with Gasteiger partial charge >= 0.3 is 0 Å². The first-order valence-electron chi connectivity index (χ1n) is 5.90. The monoisotopic (exact) mass is 233 g/mol. The number of ether oxygens (including phenoxy) is 2. The Hall–Kier alpha value is 0.170. The Morgan fingerprint density at radius 2 is 2.07 bits per heavy atom. The molecule has 2 heterocycles. The van der Waals surface area contributed by atoms with Gasteiger partial charge in [0.05, 0.1) is 18.8 Å². The predicted octanol–water partition coefficient (Wildman–Crippen LogP) is 1.50. The minimum absolute atomic E-state index is 0.227. The van der Waals surface area contributed by atoms with Crippen LogP contribution in [0.3, 0.4) is 0 Å². The highest BCUT2D eigenvalue weighted by Gasteiger charge is 2.21. The van der Waals surface area contributed by atoms with Crippen LogP contribution in [0.4, 0.5) is 0 Å². The van der Waals surface area contributed by atoms with Gasteiger partial charge in [-0.25, -0.2) is 0 Å². The fourth-order valence-corrected chi connectivity index (χ4v) is 2.46. The third kappa shape index (κ3) is 3.59. The van der Waals surface area contributed by atoms with E-state index in [1.165, 1.54) is 12.8 Å². The van der Waals surface area contributed by atoms with Gasteiger partial charge in [-0.3, -0.25) is 4.90 Å². The minimum Gasteiger partial charge on any atom is -0.378 e. The van der Waals surface area contributed by atoms with Crippen LogP contribution in [0.2, 0.25) is 0 Å². The Labute approximate surface area is 96.7 Å². The second kappa shape index (κ2) is 6.04. The molecule has 2 saturated heterocycles. The van der Waals surface area contributed by atoms with E-state index in [9.17, 15) is 0 Å². The molecule has 0 aromatic heterocycles. The standard InChI is InChI=1S/C11H20ClNO2/c12-8-11-9-13(5-7-15-11)4-3-10-2-1-6-14-10/h10-11H,1-9H2. The number of nitrogens with zero attached hydrogens (tertiary/aromatic N) is 1. The quantitative estimate of drug-likeness (QED) is 0.687. The first kappa shape index (κ1) is 11.6. The highest BCUT2D eigenvalue weighted by molar-refractivity contribution is 6.18. The molecule has 2 fully saturated rings. The van der Waals surface area contributed by atoms with E-state index in [2.05, 4.69) is 4.90 Å². The van der Waals surface area contributed by atoms with Gasteiger partial charge < -0.3 is 9.47 Å². The summed E-state index contributed by atoms with van der Waals surface area (Å²) in [5, 5.41) is 0. The normalized spacial score (nSPS) is 33.4. The van der Waals surface area contributed by atoms with E-state index in [1.54, 1.807) is 0 Å². The number of morpholine rings is 1. The third-order valence-electron chi connectivity index (χ3n) is 3.19. The maximum absolute atomic E-state index is 5.80. The van der Waals surface area contributed by atoms with Crippen LogP contribution in [0.1, 0.15) is 19.3 Å². The summed E-state index contributed by atoms with van der Waals surface area (Å²) in [6.07, 6.45) is 4.36. The van der Waals surface area contributed by atoms with E-state index in [1.807, 2.05) is 0 Å². The van der Waals surface area contributed by atoms with Gasteiger partial charge in [0.25, 0.3) is 0 Å². The third-order valence-corrected chi connectivity index (χ3v) is 3.53. The molecule has 4 heteroatoms. The van der Waals surface area contributed by atoms with E-state index in [0.29, 0.717) is 12.0 Å². The van der Waals surface area contributed by atoms with Crippen molar-refractivity contribution >= 4 is 11.6 Å². The van der Waals surface area contributed by atoms with E-state index in [-0.39, 0.29) is 6.10 Å². The zero-order chi connectivity index (χ0) is 10.5. The van der Waals surface area contributed by atoms with Gasteiger partial charge in [0, 0.05) is 32.1 Å². The lowest BCUT2D eigenvalue weighted by Gasteiger charge is -2.32. The van der Waals surface area contributed by atoms with Crippen LogP contribution in [0.5, 0.6) is 0 Å². The summed E-state index contributed by atoms with van der Waals surface area (Å²) in [4.78, 5) is 2.44. The van der Waals surface area contributed by atoms with Crippen molar-refractivity contribution in [2.75, 3.05) is 38.7 Å². The lowest BCUT2D eigenvalue weighted by Crippen LogP contribution is -2.44. The highest BCUT2D eigenvalue weighted by atomic mass is 35.5. The average molecular weight is 234 g/mol. The Balaban J connectivity index is 1.65. The van der Waals surface area contributed by atoms with Crippen molar-refractivity contribution in [3.63, 3.8) is 0 Å². The van der Waals surface area contributed by atoms with Crippen molar-refractivity contribution in [1.82, 2.24) is 4.90 Å². The summed E-state index contributed by atoms with van der Waals surface area (Å²) in [5.41, 5.74) is 0. The molecule has 88 valence electrons. The molecule has 0 saturated carbocycles. The first-order chi connectivity index (χ1) is 7.38. The molecule has 2 atom stereocenters. The molecule has 15 heavy (non-hydrogen) atoms. The maximum atomic E-state index is 5.80. The summed E-state index contributed by atoms with van der Waals surface area (Å²) in [6.45, 7) is 4.93. The number of rotatable bonds is 4. The van der Waals surface area contributed by atoms with E-state index < -0.39 is 0 Å². The Bertz CT molecular complexity index is 185. The van der Waals surface area contributed by atoms with Gasteiger partial charge in [0.2, 0.25) is 0 Å². The number of hydrogen-bond donors (Lipinski definition) is 0. The van der Waals surface area contributed by atoms with Crippen molar-refractivity contribution < 1.29 is 9.47 Å². The largest absolute Gasteiger partial charge is 0.378 e. The molecule has 0 spiro atoms. The lowest BCUT2D eigenvalue weighted by molar-refractivity contribution is -0.0213. The molecule has 2 aliphatic heterocycles. The molecular formula is C11H20ClNO2. The van der Waals surface area contributed by atoms with Crippen molar-refractivity contribution in [3.05, 3.63) is 0 Å². The molecule has 3 nitrogen and oxygen atoms in total. The zero-order valence-corrected chi connectivity index (χ0v) is 9.92. The summed E-state index contributed by atoms with van der Waals surface area (Å²) in [5.74, 6) is 0.608. The molecule has 2 unspecified atom stereocenters. The molecule has 2 rings (SSSR count). The summed E-state index contributed by atoms with van der Waals surface area (Å²) >= 11 is 5.80. The lowest BCUT2D eigenvalue weighted by atomic mass is 10.1. The summed E-state index contributed by atoms with van der Waals surface area (Å²) < 4.78 is 11.1. The van der Waals surface area contributed by atoms with Crippen LogP contribution >= 0.6 is 11.6 Å². The fourth-order valence-electron chi connectivity index (χ4n) is 2.28. The molecule has 0 aliphatic carbocycles. The molecule has 2 aliphatic rings. The van der Waals surface area contributed by atoms with Gasteiger partial charge in [-0.1, -0.05) is 0 Å². The summed E-state index contributed by atoms with van der Waals surface area (Å²) in [6, 6.07) is 0. The Morgan fingerprint density at radius 3 is 2.80 bits per heavy atom. The van der Waals surface area contributed by atoms with Gasteiger partial charge in [-0.15, -0.1) is 11.6 Å². The van der Waals surface area contributed by atoms with E-state index in [4.69, 9.17) is 21.1 Å². The predicted molar refractivity (Wildman–Crippen MR) is 60.5 cm³/mol. The molecule has 0 aromatic carbocycles. The fraction of sp³-hybridized carbons (Fsp3) is 1.00. The zero-order valence-electron chi connectivity index (χ0n) is 9.16. The smallest absolute Gasteiger partial charge is 0.0837 e. The van der Waals surface area contributed by atoms with Gasteiger partial charge in [0.15, 0.2) is 0 Å². The van der Waals surface area contributed by atoms with Gasteiger partial charge in [-0.2, -0.15) is 0 Å². The van der Waals surface area contributed by atoms with Crippen LogP contribution < -0.4 is 0 Å². The summed E-state index contributed by atoms with van der Waals surface area (Å²) in [7, 11) is 0. The average Bonchev–Trinajstić information content (AvgIpc) is 2.79. The number of halogens is 1. The molecule has 0 amide bonds. The van der Waals surface area contributed by atoms with Crippen molar-refractivity contribution in [2.24, 2.45) is 0 Å². The highest BCUT2D eigenvalue weighted by Crippen LogP contribution is 2.16. The molecule has 0 N–H and O–H groups in total. The van der Waals surface area contributed by atoms with Crippen molar-refractivity contribution in [3.8, 4) is 0 Å². The van der Waals surface area contributed by atoms with Crippen LogP contribution in [0.15, 0.2) is 0 Å². The molecule has 0 bridgehead atoms. The van der Waals surface area contributed by atoms with Gasteiger partial charge in [0.1, 0.15) is 0 Å². The minimum atomic E-state index is 0.227. The number of hydrogen-bond acceptors (Lipinski definition) is 3. The second-order valence-corrected chi connectivity index (χ2v) is 4.68. The van der Waals surface area contributed by atoms with Crippen LogP contribution in [-0.4, -0.2) is 55.8 Å². The SMILES string of the molecule is ClCC1CN(CCC2CCCO2)CCO1. The molecular weight excluding hydrogens is 214 g/mol. The Morgan fingerprint density at radius 1 is 1.20 bits per heavy atom. The number of alkyl halides is 1. The van der Waals surface area contributed by atoms with Crippen molar-refractivity contribution in [2.45, 2.75) is 31.5 Å². The van der Waals surface area contributed by atoms with Crippen molar-refractivity contribution in [1.29, 1.82) is 0 Å². The maximum Gasteiger partial charge on any atom is 0.0837 e. The van der Waals surface area contributed by atoms with E-state index >= 15 is 0 Å². The van der Waals surface area contributed by atoms with E-state index in [0.717, 1.165) is 39.3 Å². The first-order valence-corrected chi connectivity index (χ1v) is 6.43.